The topological polar surface area (TPSA) is 150 Å². The molecule has 41 heavy (non-hydrogen) atoms. The minimum absolute atomic E-state index is 0.0149. The van der Waals surface area contributed by atoms with E-state index in [9.17, 15) is 19.2 Å². The van der Waals surface area contributed by atoms with E-state index in [2.05, 4.69) is 0 Å². The van der Waals surface area contributed by atoms with E-state index in [1.807, 2.05) is 48.5 Å². The molecular weight excluding hydrogens is 534 g/mol. The minimum Gasteiger partial charge on any atom is -0.462 e. The summed E-state index contributed by atoms with van der Waals surface area (Å²) in [6, 6.07) is 3.31. The smallest absolute Gasteiger partial charge is 0.462 e. The molecule has 11 heteroatoms. The Kier molecular flexibility index (Phi) is 14.1. The highest BCUT2D eigenvalue weighted by Crippen LogP contribution is 2.30. The molecule has 0 spiro atoms. The first-order valence-corrected chi connectivity index (χ1v) is 13.8. The fraction of sp³-hybridized carbons (Fsp3) is 0.667. The van der Waals surface area contributed by atoms with Crippen LogP contribution in [0.1, 0.15) is 80.7 Å². The van der Waals surface area contributed by atoms with Crippen LogP contribution in [0.4, 0.5) is 9.59 Å². The second-order valence-electron chi connectivity index (χ2n) is 12.6. The Hall–Kier alpha value is -3.34. The van der Waals surface area contributed by atoms with Crippen LogP contribution in [0.3, 0.4) is 0 Å². The van der Waals surface area contributed by atoms with Gasteiger partial charge >= 0.3 is 24.2 Å². The lowest BCUT2D eigenvalue weighted by Crippen LogP contribution is -2.37. The molecule has 0 aliphatic carbocycles. The highest BCUT2D eigenvalue weighted by atomic mass is 16.7. The Labute approximate surface area is 243 Å². The van der Waals surface area contributed by atoms with Crippen molar-refractivity contribution in [3.8, 4) is 11.5 Å². The molecule has 0 aromatic heterocycles. The first-order valence-electron chi connectivity index (χ1n) is 13.8. The Morgan fingerprint density at radius 2 is 1.34 bits per heavy atom. The molecule has 0 fully saturated rings. The van der Waals surface area contributed by atoms with Crippen LogP contribution in [-0.4, -0.2) is 56.2 Å². The van der Waals surface area contributed by atoms with Crippen LogP contribution in [0.2, 0.25) is 0 Å². The third-order valence-corrected chi connectivity index (χ3v) is 5.30. The predicted molar refractivity (Wildman–Crippen MR) is 152 cm³/mol. The van der Waals surface area contributed by atoms with Crippen molar-refractivity contribution in [3.05, 3.63) is 23.8 Å². The van der Waals surface area contributed by atoms with E-state index < -0.39 is 30.4 Å². The lowest BCUT2D eigenvalue weighted by atomic mass is 9.99. The maximum atomic E-state index is 12.6. The average Bonchev–Trinajstić information content (AvgIpc) is 2.85. The third-order valence-electron chi connectivity index (χ3n) is 5.30. The van der Waals surface area contributed by atoms with E-state index in [-0.39, 0.29) is 60.5 Å². The van der Waals surface area contributed by atoms with Gasteiger partial charge in [0.05, 0.1) is 19.1 Å². The van der Waals surface area contributed by atoms with Gasteiger partial charge in [0.1, 0.15) is 18.8 Å². The monoisotopic (exact) mass is 581 g/mol. The second-order valence-corrected chi connectivity index (χ2v) is 12.6. The lowest BCUT2D eigenvalue weighted by Gasteiger charge is -2.20. The van der Waals surface area contributed by atoms with Crippen LogP contribution in [-0.2, 0) is 35.0 Å². The van der Waals surface area contributed by atoms with Crippen LogP contribution >= 0.6 is 0 Å². The quantitative estimate of drug-likeness (QED) is 0.176. The molecule has 11 nitrogen and oxygen atoms in total. The molecule has 0 saturated carbocycles. The van der Waals surface area contributed by atoms with Gasteiger partial charge in [-0.2, -0.15) is 0 Å². The summed E-state index contributed by atoms with van der Waals surface area (Å²) < 4.78 is 31.5. The van der Waals surface area contributed by atoms with Crippen molar-refractivity contribution < 1.29 is 47.6 Å². The summed E-state index contributed by atoms with van der Waals surface area (Å²) in [5.41, 5.74) is 5.98. The summed E-state index contributed by atoms with van der Waals surface area (Å²) >= 11 is 0. The first-order chi connectivity index (χ1) is 18.9. The summed E-state index contributed by atoms with van der Waals surface area (Å²) in [4.78, 5) is 49.2. The van der Waals surface area contributed by atoms with Crippen LogP contribution < -0.4 is 15.2 Å². The summed E-state index contributed by atoms with van der Waals surface area (Å²) in [6.07, 6.45) is -1.09. The average molecular weight is 582 g/mol. The SMILES string of the molecule is CCCC(C)C(=O)OC[C@H](C)OC(=O)[C@@H](N)Cc1ccc(OC(=O)OCC(C)(C)C)c(OC(=O)OCC(C)(C)C)c1. The van der Waals surface area contributed by atoms with Gasteiger partial charge in [-0.3, -0.25) is 9.59 Å². The van der Waals surface area contributed by atoms with Crippen molar-refractivity contribution in [2.45, 2.75) is 93.7 Å². The van der Waals surface area contributed by atoms with E-state index in [1.54, 1.807) is 19.9 Å². The van der Waals surface area contributed by atoms with Gasteiger partial charge in [0, 0.05) is 0 Å². The molecular formula is C30H47NO10. The highest BCUT2D eigenvalue weighted by molar-refractivity contribution is 5.76. The number of rotatable bonds is 13. The van der Waals surface area contributed by atoms with E-state index in [4.69, 9.17) is 34.2 Å². The molecule has 0 aliphatic rings. The summed E-state index contributed by atoms with van der Waals surface area (Å²) in [5, 5.41) is 0. The fourth-order valence-electron chi connectivity index (χ4n) is 3.18. The number of benzene rings is 1. The Balaban J connectivity index is 2.91. The molecule has 232 valence electrons. The van der Waals surface area contributed by atoms with Crippen molar-refractivity contribution in [2.24, 2.45) is 22.5 Å². The van der Waals surface area contributed by atoms with Crippen molar-refractivity contribution in [1.82, 2.24) is 0 Å². The predicted octanol–water partition coefficient (Wildman–Crippen LogP) is 5.59. The van der Waals surface area contributed by atoms with Crippen molar-refractivity contribution >= 4 is 24.2 Å². The van der Waals surface area contributed by atoms with Gasteiger partial charge in [0.2, 0.25) is 0 Å². The van der Waals surface area contributed by atoms with Gasteiger partial charge in [0.15, 0.2) is 11.5 Å². The molecule has 0 aliphatic heterocycles. The number of esters is 2. The number of hydrogen-bond donors (Lipinski definition) is 1. The zero-order valence-corrected chi connectivity index (χ0v) is 25.9. The van der Waals surface area contributed by atoms with Gasteiger partial charge in [-0.05, 0) is 48.3 Å². The van der Waals surface area contributed by atoms with Gasteiger partial charge in [-0.25, -0.2) is 9.59 Å². The zero-order chi connectivity index (χ0) is 31.4. The standard InChI is InChI=1S/C30H47NO10/c1-10-11-19(2)25(32)36-16-20(3)39-26(33)22(31)14-21-12-13-23(40-27(34)37-17-29(4,5)6)24(15-21)41-28(35)38-18-30(7,8)9/h12-13,15,19-20,22H,10-11,14,16-18,31H2,1-9H3/t19?,20-,22-/m0/s1. The van der Waals surface area contributed by atoms with Gasteiger partial charge in [0.25, 0.3) is 0 Å². The minimum atomic E-state index is -1.07. The fourth-order valence-corrected chi connectivity index (χ4v) is 3.18. The number of carbonyl (C=O) groups is 4. The van der Waals surface area contributed by atoms with Gasteiger partial charge < -0.3 is 34.2 Å². The molecule has 0 bridgehead atoms. The van der Waals surface area contributed by atoms with E-state index in [0.29, 0.717) is 12.0 Å². The van der Waals surface area contributed by atoms with Crippen molar-refractivity contribution in [1.29, 1.82) is 0 Å². The summed E-state index contributed by atoms with van der Waals surface area (Å²) in [6.45, 7) is 16.8. The molecule has 1 unspecified atom stereocenters. The number of nitrogens with two attached hydrogens (primary N) is 1. The normalized spacial score (nSPS) is 13.8. The Morgan fingerprint density at radius 3 is 1.85 bits per heavy atom. The lowest BCUT2D eigenvalue weighted by molar-refractivity contribution is -0.161. The van der Waals surface area contributed by atoms with Gasteiger partial charge in [-0.15, -0.1) is 0 Å². The number of hydrogen-bond acceptors (Lipinski definition) is 11. The number of carbonyl (C=O) groups excluding carboxylic acids is 4. The van der Waals surface area contributed by atoms with Crippen LogP contribution in [0.25, 0.3) is 0 Å². The molecule has 2 N–H and O–H groups in total. The molecule has 0 radical (unpaired) electrons. The largest absolute Gasteiger partial charge is 0.513 e. The van der Waals surface area contributed by atoms with Crippen LogP contribution in [0.5, 0.6) is 11.5 Å². The summed E-state index contributed by atoms with van der Waals surface area (Å²) in [7, 11) is 0. The maximum absolute atomic E-state index is 12.6. The molecule has 0 amide bonds. The zero-order valence-electron chi connectivity index (χ0n) is 25.9. The van der Waals surface area contributed by atoms with E-state index >= 15 is 0 Å². The molecule has 1 rings (SSSR count). The summed E-state index contributed by atoms with van der Waals surface area (Å²) in [5.74, 6) is -1.48. The maximum Gasteiger partial charge on any atom is 0.513 e. The third kappa shape index (κ3) is 15.3. The van der Waals surface area contributed by atoms with Crippen LogP contribution in [0, 0.1) is 16.7 Å². The van der Waals surface area contributed by atoms with E-state index in [1.165, 1.54) is 12.1 Å². The Morgan fingerprint density at radius 1 is 0.805 bits per heavy atom. The van der Waals surface area contributed by atoms with Crippen molar-refractivity contribution in [2.75, 3.05) is 19.8 Å². The van der Waals surface area contributed by atoms with Crippen molar-refractivity contribution in [3.63, 3.8) is 0 Å². The highest BCUT2D eigenvalue weighted by Gasteiger charge is 2.24. The molecule has 0 saturated heterocycles. The second kappa shape index (κ2) is 16.2. The van der Waals surface area contributed by atoms with E-state index in [0.717, 1.165) is 6.42 Å². The Bertz CT molecular complexity index is 1030. The number of ether oxygens (including phenoxy) is 6. The van der Waals surface area contributed by atoms with Gasteiger partial charge in [-0.1, -0.05) is 67.9 Å². The first kappa shape index (κ1) is 35.7. The molecule has 0 heterocycles. The van der Waals surface area contributed by atoms with Crippen LogP contribution in [0.15, 0.2) is 18.2 Å². The molecule has 1 aromatic carbocycles. The molecule has 1 aromatic rings. The molecule has 3 atom stereocenters.